The Morgan fingerprint density at radius 2 is 1.60 bits per heavy atom. The minimum absolute atomic E-state index is 0.0518. The van der Waals surface area contributed by atoms with Crippen molar-refractivity contribution in [2.24, 2.45) is 7.05 Å². The first-order valence-electron chi connectivity index (χ1n) is 12.5. The highest BCUT2D eigenvalue weighted by molar-refractivity contribution is 6.15. The number of benzene rings is 3. The van der Waals surface area contributed by atoms with Gasteiger partial charge in [0.05, 0.1) is 38.8 Å². The first kappa shape index (κ1) is 25.2. The highest BCUT2D eigenvalue weighted by Gasteiger charge is 2.39. The Morgan fingerprint density at radius 1 is 0.875 bits per heavy atom. The molecular formula is C31H25NO8. The van der Waals surface area contributed by atoms with Crippen molar-refractivity contribution < 1.29 is 33.3 Å². The van der Waals surface area contributed by atoms with Gasteiger partial charge in [-0.1, -0.05) is 18.2 Å². The van der Waals surface area contributed by atoms with Gasteiger partial charge >= 0.3 is 5.97 Å². The van der Waals surface area contributed by atoms with Gasteiger partial charge in [0.15, 0.2) is 17.3 Å². The lowest BCUT2D eigenvalue weighted by Crippen LogP contribution is -2.29. The molecule has 1 aromatic heterocycles. The molecule has 0 N–H and O–H groups in total. The van der Waals surface area contributed by atoms with Crippen LogP contribution in [0.25, 0.3) is 17.0 Å². The molecular weight excluding hydrogens is 514 g/mol. The fraction of sp³-hybridized carbons (Fsp3) is 0.194. The summed E-state index contributed by atoms with van der Waals surface area (Å²) in [7, 11) is 6.24. The molecule has 3 aromatic carbocycles. The van der Waals surface area contributed by atoms with Gasteiger partial charge < -0.3 is 28.3 Å². The number of para-hydroxylation sites is 1. The Labute approximate surface area is 229 Å². The molecule has 0 spiro atoms. The van der Waals surface area contributed by atoms with Gasteiger partial charge in [-0.2, -0.15) is 0 Å². The number of hydrogen-bond donors (Lipinski definition) is 0. The molecule has 9 nitrogen and oxygen atoms in total. The van der Waals surface area contributed by atoms with Crippen molar-refractivity contribution >= 4 is 28.7 Å². The van der Waals surface area contributed by atoms with Gasteiger partial charge in [-0.15, -0.1) is 0 Å². The minimum Gasteiger partial charge on any atom is -0.496 e. The van der Waals surface area contributed by atoms with Crippen LogP contribution in [0.3, 0.4) is 0 Å². The van der Waals surface area contributed by atoms with Crippen molar-refractivity contribution in [3.8, 4) is 28.7 Å². The summed E-state index contributed by atoms with van der Waals surface area (Å²) < 4.78 is 29.6. The van der Waals surface area contributed by atoms with E-state index in [1.165, 1.54) is 21.3 Å². The molecule has 6 rings (SSSR count). The van der Waals surface area contributed by atoms with Crippen molar-refractivity contribution in [1.29, 1.82) is 0 Å². The number of fused-ring (bicyclic) bond motifs is 4. The second-order valence-electron chi connectivity index (χ2n) is 9.50. The van der Waals surface area contributed by atoms with E-state index in [-0.39, 0.29) is 35.0 Å². The summed E-state index contributed by atoms with van der Waals surface area (Å²) >= 11 is 0. The first-order chi connectivity index (χ1) is 19.3. The molecule has 0 radical (unpaired) electrons. The number of nitrogens with zero attached hydrogens (tertiary/aromatic N) is 1. The Hall–Kier alpha value is -5.05. The number of aromatic nitrogens is 1. The Bertz CT molecular complexity index is 1820. The highest BCUT2D eigenvalue weighted by Crippen LogP contribution is 2.49. The van der Waals surface area contributed by atoms with Gasteiger partial charge in [-0.05, 0) is 41.8 Å². The fourth-order valence-electron chi connectivity index (χ4n) is 5.38. The van der Waals surface area contributed by atoms with Crippen LogP contribution in [0.5, 0.6) is 28.7 Å². The summed E-state index contributed by atoms with van der Waals surface area (Å²) in [5.74, 6) is 0.460. The van der Waals surface area contributed by atoms with Crippen LogP contribution in [0.4, 0.5) is 0 Å². The van der Waals surface area contributed by atoms with Crippen LogP contribution >= 0.6 is 0 Å². The minimum atomic E-state index is -0.669. The largest absolute Gasteiger partial charge is 0.496 e. The van der Waals surface area contributed by atoms with E-state index in [1.807, 2.05) is 24.3 Å². The van der Waals surface area contributed by atoms with E-state index < -0.39 is 11.9 Å². The van der Waals surface area contributed by atoms with Crippen LogP contribution < -0.4 is 29.2 Å². The Kier molecular flexibility index (Phi) is 6.06. The summed E-state index contributed by atoms with van der Waals surface area (Å²) in [6.45, 7) is 0. The van der Waals surface area contributed by atoms with Crippen molar-refractivity contribution in [3.05, 3.63) is 93.0 Å². The second kappa shape index (κ2) is 9.60. The second-order valence-corrected chi connectivity index (χ2v) is 9.50. The van der Waals surface area contributed by atoms with Crippen LogP contribution in [0.15, 0.2) is 65.2 Å². The van der Waals surface area contributed by atoms with E-state index in [2.05, 4.69) is 0 Å². The number of ketones is 1. The number of carbonyl (C=O) groups is 2. The number of rotatable bonds is 5. The van der Waals surface area contributed by atoms with Crippen LogP contribution in [-0.2, 0) is 11.8 Å². The summed E-state index contributed by atoms with van der Waals surface area (Å²) in [5, 5.41) is 0.853. The lowest BCUT2D eigenvalue weighted by molar-refractivity contribution is -0.135. The molecule has 0 amide bonds. The number of ether oxygens (including phenoxy) is 5. The van der Waals surface area contributed by atoms with Crippen molar-refractivity contribution in [3.63, 3.8) is 0 Å². The van der Waals surface area contributed by atoms with Crippen molar-refractivity contribution in [2.75, 3.05) is 21.3 Å². The zero-order valence-corrected chi connectivity index (χ0v) is 22.3. The van der Waals surface area contributed by atoms with E-state index in [1.54, 1.807) is 48.0 Å². The van der Waals surface area contributed by atoms with Crippen molar-refractivity contribution in [2.45, 2.75) is 12.3 Å². The van der Waals surface area contributed by atoms with Gasteiger partial charge in [0.2, 0.25) is 5.78 Å². The molecule has 0 aliphatic carbocycles. The molecule has 0 saturated heterocycles. The third kappa shape index (κ3) is 3.89. The summed E-state index contributed by atoms with van der Waals surface area (Å²) in [6, 6.07) is 15.8. The Balaban J connectivity index is 1.50. The number of esters is 1. The number of hydrogen-bond acceptors (Lipinski definition) is 8. The van der Waals surface area contributed by atoms with Gasteiger partial charge in [-0.25, -0.2) is 0 Å². The molecule has 3 heterocycles. The number of pyridine rings is 1. The fourth-order valence-corrected chi connectivity index (χ4v) is 5.38. The molecule has 1 unspecified atom stereocenters. The standard InChI is InChI=1S/C31H25NO8/c1-32-21-8-6-5-7-16(21)11-20(31(32)35)19-14-27(33)39-22-10-9-18-29(34)26(40-30(18)28(19)22)13-17-12-24(37-3)25(38-4)15-23(17)36-2/h5-13,15,19H,14H2,1-4H3. The third-order valence-electron chi connectivity index (χ3n) is 7.34. The molecule has 40 heavy (non-hydrogen) atoms. The predicted molar refractivity (Wildman–Crippen MR) is 147 cm³/mol. The van der Waals surface area contributed by atoms with Gasteiger partial charge in [0, 0.05) is 35.7 Å². The lowest BCUT2D eigenvalue weighted by atomic mass is 9.84. The number of Topliss-reactive ketones (excluding diaryl/α,β-unsaturated/α-hetero) is 1. The van der Waals surface area contributed by atoms with Crippen LogP contribution in [0.2, 0.25) is 0 Å². The molecule has 0 bridgehead atoms. The molecule has 2 aliphatic rings. The van der Waals surface area contributed by atoms with Crippen molar-refractivity contribution in [1.82, 2.24) is 4.57 Å². The van der Waals surface area contributed by atoms with Crippen LogP contribution in [0.1, 0.15) is 39.4 Å². The summed E-state index contributed by atoms with van der Waals surface area (Å²) in [6.07, 6.45) is 1.49. The van der Waals surface area contributed by atoms with E-state index in [0.29, 0.717) is 39.5 Å². The first-order valence-corrected chi connectivity index (χ1v) is 12.5. The molecule has 1 atom stereocenters. The maximum Gasteiger partial charge on any atom is 0.312 e. The zero-order valence-electron chi connectivity index (χ0n) is 22.3. The summed E-state index contributed by atoms with van der Waals surface area (Å²) in [5.41, 5.74) is 2.29. The maximum absolute atomic E-state index is 13.5. The Morgan fingerprint density at radius 3 is 2.35 bits per heavy atom. The normalized spacial score (nSPS) is 16.8. The third-order valence-corrected chi connectivity index (χ3v) is 7.34. The zero-order chi connectivity index (χ0) is 28.1. The molecule has 0 fully saturated rings. The molecule has 4 aromatic rings. The van der Waals surface area contributed by atoms with E-state index in [0.717, 1.165) is 10.9 Å². The van der Waals surface area contributed by atoms with Gasteiger partial charge in [0.1, 0.15) is 17.2 Å². The van der Waals surface area contributed by atoms with E-state index in [4.69, 9.17) is 23.7 Å². The quantitative estimate of drug-likeness (QED) is 0.206. The monoisotopic (exact) mass is 539 g/mol. The highest BCUT2D eigenvalue weighted by atomic mass is 16.5. The number of allylic oxidation sites excluding steroid dienone is 1. The predicted octanol–water partition coefficient (Wildman–Crippen LogP) is 4.62. The van der Waals surface area contributed by atoms with E-state index >= 15 is 0 Å². The van der Waals surface area contributed by atoms with E-state index in [9.17, 15) is 14.4 Å². The van der Waals surface area contributed by atoms with Gasteiger partial charge in [0.25, 0.3) is 5.56 Å². The molecule has 9 heteroatoms. The average Bonchev–Trinajstić information content (AvgIpc) is 3.28. The van der Waals surface area contributed by atoms with Crippen LogP contribution in [-0.4, -0.2) is 37.6 Å². The number of carbonyl (C=O) groups excluding carboxylic acids is 2. The van der Waals surface area contributed by atoms with Gasteiger partial charge in [-0.3, -0.25) is 14.4 Å². The lowest BCUT2D eigenvalue weighted by Gasteiger charge is -2.26. The maximum atomic E-state index is 13.5. The average molecular weight is 540 g/mol. The number of aryl methyl sites for hydroxylation is 1. The molecule has 202 valence electrons. The SMILES string of the molecule is COc1cc(OC)c(OC)cc1C=C1Oc2c(ccc3c2C(c2cc4ccccc4n(C)c2=O)CC(=O)O3)C1=O. The summed E-state index contributed by atoms with van der Waals surface area (Å²) in [4.78, 5) is 39.6. The molecule has 0 saturated carbocycles. The topological polar surface area (TPSA) is 102 Å². The van der Waals surface area contributed by atoms with Crippen LogP contribution in [0, 0.1) is 0 Å². The smallest absolute Gasteiger partial charge is 0.312 e. The molecule has 2 aliphatic heterocycles. The number of methoxy groups -OCH3 is 3.